The van der Waals surface area contributed by atoms with Gasteiger partial charge in [0.2, 0.25) is 11.8 Å². The summed E-state index contributed by atoms with van der Waals surface area (Å²) in [5, 5.41) is 21.4. The Morgan fingerprint density at radius 3 is 2.49 bits per heavy atom. The van der Waals surface area contributed by atoms with Crippen LogP contribution >= 0.6 is 23.2 Å². The largest absolute Gasteiger partial charge is 0.496 e. The average molecular weight is 785 g/mol. The number of rotatable bonds is 13. The summed E-state index contributed by atoms with van der Waals surface area (Å²) in [7, 11) is 3.29. The molecule has 0 radical (unpaired) electrons. The number of nitrogens with zero attached hydrogens (tertiary/aromatic N) is 2. The van der Waals surface area contributed by atoms with Gasteiger partial charge in [0.15, 0.2) is 0 Å². The van der Waals surface area contributed by atoms with Gasteiger partial charge in [0.05, 0.1) is 47.1 Å². The zero-order valence-electron chi connectivity index (χ0n) is 31.2. The molecule has 2 atom stereocenters. The summed E-state index contributed by atoms with van der Waals surface area (Å²) in [4.78, 5) is 30.9. The van der Waals surface area contributed by atoms with Crippen molar-refractivity contribution in [3.05, 3.63) is 93.0 Å². The Bertz CT molecular complexity index is 2120. The van der Waals surface area contributed by atoms with E-state index in [1.54, 1.807) is 14.2 Å². The smallest absolute Gasteiger partial charge is 0.310 e. The number of ether oxygens (including phenoxy) is 2. The third-order valence-electron chi connectivity index (χ3n) is 12.2. The van der Waals surface area contributed by atoms with Gasteiger partial charge in [-0.3, -0.25) is 14.5 Å². The fourth-order valence-corrected chi connectivity index (χ4v) is 9.79. The first-order chi connectivity index (χ1) is 26.7. The number of pyridine rings is 1. The van der Waals surface area contributed by atoms with Gasteiger partial charge in [-0.15, -0.1) is 0 Å². The average Bonchev–Trinajstić information content (AvgIpc) is 3.81. The standard InChI is InChI=1S/C43H47Cl2N5O5/c1-54-38-20-37(34(44)19-26(38)23-50-24-43(42(52)53)17-15-28(50)16-18-43)48-35-13-11-30-29(5-3-6-31(30)35)32-7-4-8-33(40(32)45)36-12-9-25(41(49-36)55-2)21-46-22-27-10-14-39(51)47-27/h3-9,12,19-20,27-28,35,46,48H,10-11,13-18,21-24H2,1-2H3,(H,47,51)(H,52,53)/t27-,28?,35-,43?/m0/s1. The molecule has 4 N–H and O–H groups in total. The first-order valence-electron chi connectivity index (χ1n) is 19.2. The van der Waals surface area contributed by atoms with Crippen molar-refractivity contribution in [2.24, 2.45) is 5.41 Å². The van der Waals surface area contributed by atoms with Gasteiger partial charge >= 0.3 is 5.97 Å². The number of methoxy groups -OCH3 is 2. The van der Waals surface area contributed by atoms with E-state index in [0.717, 1.165) is 89.9 Å². The van der Waals surface area contributed by atoms with Gasteiger partial charge in [-0.1, -0.05) is 65.7 Å². The van der Waals surface area contributed by atoms with Crippen LogP contribution in [0.3, 0.4) is 0 Å². The molecule has 5 aliphatic rings. The Hall–Kier alpha value is -4.35. The first kappa shape index (κ1) is 37.6. The Balaban J connectivity index is 0.994. The highest BCUT2D eigenvalue weighted by Crippen LogP contribution is 2.47. The minimum absolute atomic E-state index is 0.0373. The van der Waals surface area contributed by atoms with Gasteiger partial charge in [-0.05, 0) is 73.8 Å². The van der Waals surface area contributed by atoms with E-state index >= 15 is 0 Å². The molecule has 55 heavy (non-hydrogen) atoms. The highest BCUT2D eigenvalue weighted by molar-refractivity contribution is 6.36. The Labute approximate surface area is 331 Å². The van der Waals surface area contributed by atoms with Gasteiger partial charge in [-0.25, -0.2) is 4.98 Å². The molecule has 12 heteroatoms. The van der Waals surface area contributed by atoms with Crippen LogP contribution in [0.5, 0.6) is 11.6 Å². The molecule has 1 amide bonds. The molecule has 288 valence electrons. The number of hydrogen-bond donors (Lipinski definition) is 4. The summed E-state index contributed by atoms with van der Waals surface area (Å²) in [6.07, 6.45) is 6.48. The first-order valence-corrected chi connectivity index (χ1v) is 20.0. The van der Waals surface area contributed by atoms with E-state index in [1.165, 1.54) is 11.1 Å². The number of anilines is 1. The number of hydrogen-bond acceptors (Lipinski definition) is 8. The molecule has 3 saturated heterocycles. The number of carboxylic acids is 1. The van der Waals surface area contributed by atoms with Crippen LogP contribution in [-0.4, -0.2) is 66.3 Å². The molecular formula is C43H47Cl2N5O5. The van der Waals surface area contributed by atoms with Gasteiger partial charge in [-0.2, -0.15) is 0 Å². The van der Waals surface area contributed by atoms with Crippen molar-refractivity contribution in [3.8, 4) is 34.0 Å². The van der Waals surface area contributed by atoms with Crippen LogP contribution in [0.25, 0.3) is 22.4 Å². The Morgan fingerprint density at radius 1 is 0.964 bits per heavy atom. The third-order valence-corrected chi connectivity index (χ3v) is 12.9. The molecule has 1 saturated carbocycles. The lowest BCUT2D eigenvalue weighted by Gasteiger charge is -2.50. The minimum atomic E-state index is -0.684. The highest BCUT2D eigenvalue weighted by Gasteiger charge is 2.49. The topological polar surface area (TPSA) is 125 Å². The molecule has 0 spiro atoms. The summed E-state index contributed by atoms with van der Waals surface area (Å²) in [6, 6.07) is 21.0. The van der Waals surface area contributed by atoms with Crippen molar-refractivity contribution < 1.29 is 24.2 Å². The molecule has 4 aromatic rings. The molecule has 0 unspecified atom stereocenters. The predicted molar refractivity (Wildman–Crippen MR) is 215 cm³/mol. The fraction of sp³-hybridized carbons (Fsp3) is 0.419. The summed E-state index contributed by atoms with van der Waals surface area (Å²) in [5.41, 5.74) is 8.08. The number of aromatic nitrogens is 1. The van der Waals surface area contributed by atoms with Crippen LogP contribution < -0.4 is 25.4 Å². The molecular weight excluding hydrogens is 737 g/mol. The maximum Gasteiger partial charge on any atom is 0.310 e. The molecule has 10 nitrogen and oxygen atoms in total. The van der Waals surface area contributed by atoms with E-state index < -0.39 is 11.4 Å². The van der Waals surface area contributed by atoms with Crippen LogP contribution in [0.2, 0.25) is 10.0 Å². The lowest BCUT2D eigenvalue weighted by atomic mass is 9.67. The molecule has 4 heterocycles. The van der Waals surface area contributed by atoms with Crippen molar-refractivity contribution >= 4 is 40.8 Å². The van der Waals surface area contributed by atoms with Gasteiger partial charge < -0.3 is 30.5 Å². The van der Waals surface area contributed by atoms with Crippen LogP contribution in [-0.2, 0) is 29.1 Å². The molecule has 3 aromatic carbocycles. The van der Waals surface area contributed by atoms with Crippen LogP contribution in [0.15, 0.2) is 60.7 Å². The lowest BCUT2D eigenvalue weighted by Crippen LogP contribution is -2.56. The third kappa shape index (κ3) is 7.37. The van der Waals surface area contributed by atoms with Gasteiger partial charge in [0.1, 0.15) is 5.75 Å². The van der Waals surface area contributed by atoms with Crippen LogP contribution in [0.1, 0.15) is 73.2 Å². The van der Waals surface area contributed by atoms with E-state index in [2.05, 4.69) is 45.1 Å². The van der Waals surface area contributed by atoms with E-state index in [-0.39, 0.29) is 18.0 Å². The van der Waals surface area contributed by atoms with Crippen LogP contribution in [0.4, 0.5) is 5.69 Å². The van der Waals surface area contributed by atoms with Crippen molar-refractivity contribution in [2.75, 3.05) is 32.6 Å². The van der Waals surface area contributed by atoms with Gasteiger partial charge in [0, 0.05) is 73.0 Å². The summed E-state index contributed by atoms with van der Waals surface area (Å²) >= 11 is 14.2. The second-order valence-electron chi connectivity index (χ2n) is 15.4. The number of benzene rings is 3. The van der Waals surface area contributed by atoms with Gasteiger partial charge in [0.25, 0.3) is 0 Å². The van der Waals surface area contributed by atoms with Crippen LogP contribution in [0, 0.1) is 5.41 Å². The molecule has 2 bridgehead atoms. The molecule has 4 fully saturated rings. The lowest BCUT2D eigenvalue weighted by molar-refractivity contribution is -0.160. The molecule has 3 aliphatic heterocycles. The Morgan fingerprint density at radius 2 is 1.75 bits per heavy atom. The second-order valence-corrected chi connectivity index (χ2v) is 16.2. The number of piperidine rings is 2. The fourth-order valence-electron chi connectivity index (χ4n) is 9.22. The molecule has 2 aliphatic carbocycles. The van der Waals surface area contributed by atoms with E-state index in [0.29, 0.717) is 54.6 Å². The number of nitrogens with one attached hydrogen (secondary N) is 3. The number of carbonyl (C=O) groups is 2. The van der Waals surface area contributed by atoms with Crippen molar-refractivity contribution in [2.45, 2.75) is 82.6 Å². The zero-order valence-corrected chi connectivity index (χ0v) is 32.7. The quantitative estimate of drug-likeness (QED) is 0.107. The predicted octanol–water partition coefficient (Wildman–Crippen LogP) is 8.04. The maximum absolute atomic E-state index is 12.2. The maximum atomic E-state index is 12.2. The summed E-state index contributed by atoms with van der Waals surface area (Å²) < 4.78 is 11.6. The monoisotopic (exact) mass is 783 g/mol. The summed E-state index contributed by atoms with van der Waals surface area (Å²) in [6.45, 7) is 2.41. The van der Waals surface area contributed by atoms with E-state index in [9.17, 15) is 14.7 Å². The van der Waals surface area contributed by atoms with E-state index in [4.69, 9.17) is 37.7 Å². The van der Waals surface area contributed by atoms with E-state index in [1.807, 2.05) is 36.4 Å². The number of amides is 1. The normalized spacial score (nSPS) is 23.1. The SMILES string of the molecule is COc1cc(N[C@H]2CCc3c(-c4cccc(-c5ccc(CNC[C@@H]6CCC(=O)N6)c(OC)n5)c4Cl)cccc32)c(Cl)cc1CN1CC2(C(=O)O)CCC1CC2. The van der Waals surface area contributed by atoms with Crippen molar-refractivity contribution in [1.29, 1.82) is 0 Å². The number of carboxylic acid groups (broad SMARTS) is 1. The summed E-state index contributed by atoms with van der Waals surface area (Å²) in [5.74, 6) is 0.692. The zero-order chi connectivity index (χ0) is 38.3. The number of halogens is 2. The highest BCUT2D eigenvalue weighted by atomic mass is 35.5. The second kappa shape index (κ2) is 15.7. The Kier molecular flexibility index (Phi) is 10.7. The molecule has 9 rings (SSSR count). The number of fused-ring (bicyclic) bond motifs is 4. The minimum Gasteiger partial charge on any atom is -0.496 e. The number of carbonyl (C=O) groups excluding carboxylic acids is 1. The van der Waals surface area contributed by atoms with Crippen molar-refractivity contribution in [3.63, 3.8) is 0 Å². The molecule has 1 aromatic heterocycles. The van der Waals surface area contributed by atoms with Crippen molar-refractivity contribution in [1.82, 2.24) is 20.5 Å². The number of aliphatic carboxylic acids is 1.